The van der Waals surface area contributed by atoms with Crippen LogP contribution in [0.4, 0.5) is 5.69 Å². The summed E-state index contributed by atoms with van der Waals surface area (Å²) in [5.74, 6) is 1.48. The number of hydrogen-bond donors (Lipinski definition) is 1. The maximum absolute atomic E-state index is 12.6. The summed E-state index contributed by atoms with van der Waals surface area (Å²) in [7, 11) is 0. The van der Waals surface area contributed by atoms with E-state index in [2.05, 4.69) is 15.5 Å². The molecule has 6 nitrogen and oxygen atoms in total. The number of para-hydroxylation sites is 1. The number of halogens is 1. The summed E-state index contributed by atoms with van der Waals surface area (Å²) in [6.07, 6.45) is 1.62. The van der Waals surface area contributed by atoms with Gasteiger partial charge in [0.25, 0.3) is 0 Å². The van der Waals surface area contributed by atoms with Crippen LogP contribution in [0.25, 0.3) is 11.4 Å². The molecule has 2 aromatic carbocycles. The third-order valence-electron chi connectivity index (χ3n) is 4.80. The molecule has 4 rings (SSSR count). The number of aryl methyl sites for hydroxylation is 2. The van der Waals surface area contributed by atoms with Crippen molar-refractivity contribution >= 4 is 35.0 Å². The van der Waals surface area contributed by atoms with Gasteiger partial charge < -0.3 is 9.73 Å². The fourth-order valence-electron chi connectivity index (χ4n) is 3.26. The van der Waals surface area contributed by atoms with Crippen molar-refractivity contribution in [2.75, 3.05) is 11.1 Å². The van der Waals surface area contributed by atoms with Gasteiger partial charge in [-0.15, -0.1) is 10.2 Å². The standard InChI is InChI=1S/C23H21ClN4O2S/c1-15-7-5-8-16(2)21(15)25-20(29)14-31-23-27-26-22(18-10-3-4-11-19(18)24)28(23)13-17-9-6-12-30-17/h3-12H,13-14H2,1-2H3,(H,25,29). The van der Waals surface area contributed by atoms with Crippen LogP contribution in [0.15, 0.2) is 70.4 Å². The van der Waals surface area contributed by atoms with E-state index in [4.69, 9.17) is 16.0 Å². The van der Waals surface area contributed by atoms with Crippen molar-refractivity contribution < 1.29 is 9.21 Å². The molecule has 0 saturated carbocycles. The van der Waals surface area contributed by atoms with Crippen molar-refractivity contribution in [2.24, 2.45) is 0 Å². The molecule has 8 heteroatoms. The molecule has 0 aliphatic heterocycles. The zero-order chi connectivity index (χ0) is 21.8. The van der Waals surface area contributed by atoms with Crippen molar-refractivity contribution in [3.8, 4) is 11.4 Å². The lowest BCUT2D eigenvalue weighted by Gasteiger charge is -2.12. The largest absolute Gasteiger partial charge is 0.467 e. The quantitative estimate of drug-likeness (QED) is 0.370. The molecule has 0 aliphatic carbocycles. The lowest BCUT2D eigenvalue weighted by Crippen LogP contribution is -2.16. The van der Waals surface area contributed by atoms with Gasteiger partial charge in [0.05, 0.1) is 23.6 Å². The first-order valence-electron chi connectivity index (χ1n) is 9.72. The molecule has 2 aromatic heterocycles. The number of aromatic nitrogens is 3. The highest BCUT2D eigenvalue weighted by Gasteiger charge is 2.19. The minimum atomic E-state index is -0.103. The van der Waals surface area contributed by atoms with Crippen molar-refractivity contribution in [2.45, 2.75) is 25.5 Å². The Morgan fingerprint density at radius 2 is 1.84 bits per heavy atom. The van der Waals surface area contributed by atoms with E-state index in [9.17, 15) is 4.79 Å². The minimum Gasteiger partial charge on any atom is -0.467 e. The smallest absolute Gasteiger partial charge is 0.234 e. The molecule has 0 aliphatic rings. The number of rotatable bonds is 7. The van der Waals surface area contributed by atoms with Gasteiger partial charge in [0.1, 0.15) is 5.76 Å². The maximum Gasteiger partial charge on any atom is 0.234 e. The predicted molar refractivity (Wildman–Crippen MR) is 124 cm³/mol. The number of nitrogens with one attached hydrogen (secondary N) is 1. The van der Waals surface area contributed by atoms with Crippen molar-refractivity contribution in [1.82, 2.24) is 14.8 Å². The summed E-state index contributed by atoms with van der Waals surface area (Å²) in [4.78, 5) is 12.6. The van der Waals surface area contributed by atoms with Crippen LogP contribution < -0.4 is 5.32 Å². The molecule has 1 N–H and O–H groups in total. The zero-order valence-electron chi connectivity index (χ0n) is 17.1. The Hall–Kier alpha value is -3.03. The highest BCUT2D eigenvalue weighted by molar-refractivity contribution is 7.99. The van der Waals surface area contributed by atoms with Crippen LogP contribution in [0.3, 0.4) is 0 Å². The lowest BCUT2D eigenvalue weighted by atomic mass is 10.1. The van der Waals surface area contributed by atoms with Gasteiger partial charge in [-0.05, 0) is 49.2 Å². The number of carbonyl (C=O) groups excluding carboxylic acids is 1. The highest BCUT2D eigenvalue weighted by Crippen LogP contribution is 2.30. The first kappa shape index (κ1) is 21.2. The molecule has 1 amide bonds. The second-order valence-electron chi connectivity index (χ2n) is 7.06. The van der Waals surface area contributed by atoms with E-state index in [1.807, 2.05) is 73.0 Å². The van der Waals surface area contributed by atoms with Gasteiger partial charge in [-0.3, -0.25) is 9.36 Å². The summed E-state index contributed by atoms with van der Waals surface area (Å²) in [6.45, 7) is 4.39. The molecule has 0 bridgehead atoms. The molecular weight excluding hydrogens is 432 g/mol. The average molecular weight is 453 g/mol. The number of amides is 1. The monoisotopic (exact) mass is 452 g/mol. The summed E-state index contributed by atoms with van der Waals surface area (Å²) < 4.78 is 7.43. The van der Waals surface area contributed by atoms with Gasteiger partial charge in [-0.25, -0.2) is 0 Å². The number of hydrogen-bond acceptors (Lipinski definition) is 5. The average Bonchev–Trinajstić information content (AvgIpc) is 3.40. The molecule has 0 spiro atoms. The predicted octanol–water partition coefficient (Wildman–Crippen LogP) is 5.59. The van der Waals surface area contributed by atoms with Crippen LogP contribution >= 0.6 is 23.4 Å². The van der Waals surface area contributed by atoms with Crippen LogP contribution in [-0.4, -0.2) is 26.4 Å². The second kappa shape index (κ2) is 9.41. The second-order valence-corrected chi connectivity index (χ2v) is 8.40. The van der Waals surface area contributed by atoms with Crippen LogP contribution in [0, 0.1) is 13.8 Å². The van der Waals surface area contributed by atoms with E-state index >= 15 is 0 Å². The summed E-state index contributed by atoms with van der Waals surface area (Å²) in [5, 5.41) is 12.9. The van der Waals surface area contributed by atoms with Gasteiger partial charge in [-0.1, -0.05) is 53.7 Å². The summed E-state index contributed by atoms with van der Waals surface area (Å²) >= 11 is 7.72. The number of thioether (sulfide) groups is 1. The molecule has 158 valence electrons. The fourth-order valence-corrected chi connectivity index (χ4v) is 4.21. The first-order chi connectivity index (χ1) is 15.0. The zero-order valence-corrected chi connectivity index (χ0v) is 18.7. The Morgan fingerprint density at radius 3 is 2.55 bits per heavy atom. The first-order valence-corrected chi connectivity index (χ1v) is 11.1. The Balaban J connectivity index is 1.56. The van der Waals surface area contributed by atoms with E-state index in [-0.39, 0.29) is 11.7 Å². The molecular formula is C23H21ClN4O2S. The Morgan fingerprint density at radius 1 is 1.06 bits per heavy atom. The van der Waals surface area contributed by atoms with Crippen LogP contribution in [-0.2, 0) is 11.3 Å². The third-order valence-corrected chi connectivity index (χ3v) is 6.10. The van der Waals surface area contributed by atoms with E-state index < -0.39 is 0 Å². The molecule has 0 radical (unpaired) electrons. The van der Waals surface area contributed by atoms with E-state index in [1.165, 1.54) is 11.8 Å². The van der Waals surface area contributed by atoms with Crippen molar-refractivity contribution in [3.05, 3.63) is 82.8 Å². The molecule has 0 fully saturated rings. The molecule has 31 heavy (non-hydrogen) atoms. The fraction of sp³-hybridized carbons (Fsp3) is 0.174. The number of furan rings is 1. The highest BCUT2D eigenvalue weighted by atomic mass is 35.5. The molecule has 0 unspecified atom stereocenters. The van der Waals surface area contributed by atoms with Gasteiger partial charge in [-0.2, -0.15) is 0 Å². The van der Waals surface area contributed by atoms with Crippen molar-refractivity contribution in [1.29, 1.82) is 0 Å². The Labute approximate surface area is 189 Å². The van der Waals surface area contributed by atoms with Crippen LogP contribution in [0.1, 0.15) is 16.9 Å². The molecule has 4 aromatic rings. The third kappa shape index (κ3) is 4.84. The minimum absolute atomic E-state index is 0.103. The Bertz CT molecular complexity index is 1180. The van der Waals surface area contributed by atoms with E-state index in [0.29, 0.717) is 22.5 Å². The van der Waals surface area contributed by atoms with Gasteiger partial charge in [0.2, 0.25) is 5.91 Å². The maximum atomic E-state index is 12.6. The molecule has 0 saturated heterocycles. The number of nitrogens with zero attached hydrogens (tertiary/aromatic N) is 3. The number of carbonyl (C=O) groups is 1. The Kier molecular flexibility index (Phi) is 6.44. The normalized spacial score (nSPS) is 10.9. The van der Waals surface area contributed by atoms with Crippen molar-refractivity contribution in [3.63, 3.8) is 0 Å². The number of benzene rings is 2. The van der Waals surface area contributed by atoms with Gasteiger partial charge >= 0.3 is 0 Å². The molecule has 0 atom stereocenters. The lowest BCUT2D eigenvalue weighted by molar-refractivity contribution is -0.113. The van der Waals surface area contributed by atoms with E-state index in [0.717, 1.165) is 28.1 Å². The van der Waals surface area contributed by atoms with Gasteiger partial charge in [0.15, 0.2) is 11.0 Å². The van der Waals surface area contributed by atoms with Crippen LogP contribution in [0.2, 0.25) is 5.02 Å². The summed E-state index contributed by atoms with van der Waals surface area (Å²) in [5.41, 5.74) is 3.68. The van der Waals surface area contributed by atoms with Crippen LogP contribution in [0.5, 0.6) is 0 Å². The topological polar surface area (TPSA) is 73.0 Å². The summed E-state index contributed by atoms with van der Waals surface area (Å²) in [6, 6.07) is 17.1. The van der Waals surface area contributed by atoms with E-state index in [1.54, 1.807) is 6.26 Å². The van der Waals surface area contributed by atoms with Gasteiger partial charge in [0, 0.05) is 11.3 Å². The molecule has 2 heterocycles. The SMILES string of the molecule is Cc1cccc(C)c1NC(=O)CSc1nnc(-c2ccccc2Cl)n1Cc1ccco1. The number of anilines is 1.